The van der Waals surface area contributed by atoms with Crippen molar-refractivity contribution in [1.29, 1.82) is 0 Å². The first-order valence-corrected chi connectivity index (χ1v) is 9.43. The van der Waals surface area contributed by atoms with Crippen LogP contribution >= 0.6 is 12.4 Å². The number of aromatic nitrogens is 3. The molecule has 4 N–H and O–H groups in total. The molecule has 9 nitrogen and oxygen atoms in total. The molecule has 2 heterocycles. The summed E-state index contributed by atoms with van der Waals surface area (Å²) in [4.78, 5) is 43.0. The Balaban J connectivity index is 0.00000259. The molecule has 5 rings (SSSR count). The summed E-state index contributed by atoms with van der Waals surface area (Å²) in [5.74, 6) is -1.65. The first kappa shape index (κ1) is 21.8. The van der Waals surface area contributed by atoms with Crippen LogP contribution in [0.4, 0.5) is 20.6 Å². The molecular weight excluding hydrogens is 453 g/mol. The standard InChI is InChI=1S/C22H14FN5O4.ClH/c23-11-2-1-3-12(8-11)25-22(32)26-13-4-5-14-15(9-13)16(10-17(29)30)19-18(14)27-21(31)20-24-6-7-28(19)20;/h1-10H,(H,27,31)(H,29,30)(H2,25,26,32);1H/b16-10+;. The quantitative estimate of drug-likeness (QED) is 0.324. The maximum Gasteiger partial charge on any atom is 0.329 e. The van der Waals surface area contributed by atoms with Gasteiger partial charge in [0.15, 0.2) is 0 Å². The third-order valence-corrected chi connectivity index (χ3v) is 5.00. The number of urea groups is 1. The Bertz CT molecular complexity index is 1680. The number of imidazole rings is 1. The second kappa shape index (κ2) is 8.24. The van der Waals surface area contributed by atoms with Gasteiger partial charge in [0, 0.05) is 40.4 Å². The van der Waals surface area contributed by atoms with E-state index < -0.39 is 23.4 Å². The van der Waals surface area contributed by atoms with Crippen LogP contribution in [-0.2, 0) is 4.79 Å². The van der Waals surface area contributed by atoms with Crippen LogP contribution in [0.3, 0.4) is 0 Å². The molecule has 0 saturated carbocycles. The van der Waals surface area contributed by atoms with Crippen molar-refractivity contribution in [3.05, 3.63) is 76.2 Å². The SMILES string of the molecule is Cl.O=C(O)/C=c1\c2cc(NC(=O)Nc3cccc(F)c3)ccc2c2[nH]c(=O)c3nccn3c12. The summed E-state index contributed by atoms with van der Waals surface area (Å²) >= 11 is 0. The number of halogens is 2. The van der Waals surface area contributed by atoms with Gasteiger partial charge in [-0.05, 0) is 35.7 Å². The molecule has 2 aromatic heterocycles. The Labute approximate surface area is 190 Å². The number of aliphatic carboxylic acids is 1. The maximum absolute atomic E-state index is 13.3. The Kier molecular flexibility index (Phi) is 5.44. The molecule has 2 amide bonds. The van der Waals surface area contributed by atoms with E-state index >= 15 is 0 Å². The fraction of sp³-hybridized carbons (Fsp3) is 0. The highest BCUT2D eigenvalue weighted by Crippen LogP contribution is 2.25. The number of fused-ring (bicyclic) bond motifs is 5. The first-order valence-electron chi connectivity index (χ1n) is 9.43. The van der Waals surface area contributed by atoms with Crippen molar-refractivity contribution in [1.82, 2.24) is 14.4 Å². The van der Waals surface area contributed by atoms with Gasteiger partial charge in [0.1, 0.15) is 5.82 Å². The molecule has 0 unspecified atom stereocenters. The van der Waals surface area contributed by atoms with Crippen LogP contribution in [0, 0.1) is 5.82 Å². The third kappa shape index (κ3) is 3.83. The van der Waals surface area contributed by atoms with Crippen LogP contribution in [0.15, 0.2) is 59.7 Å². The molecule has 0 fully saturated rings. The van der Waals surface area contributed by atoms with Crippen molar-refractivity contribution in [2.24, 2.45) is 0 Å². The van der Waals surface area contributed by atoms with Gasteiger partial charge in [-0.1, -0.05) is 12.1 Å². The highest BCUT2D eigenvalue weighted by Gasteiger charge is 2.16. The van der Waals surface area contributed by atoms with Crippen molar-refractivity contribution >= 4 is 69.3 Å². The van der Waals surface area contributed by atoms with Gasteiger partial charge in [0.05, 0.1) is 11.0 Å². The van der Waals surface area contributed by atoms with Gasteiger partial charge in [-0.25, -0.2) is 19.0 Å². The molecule has 5 aromatic rings. The number of hydrogen-bond donors (Lipinski definition) is 4. The molecule has 0 aliphatic rings. The second-order valence-electron chi connectivity index (χ2n) is 7.04. The van der Waals surface area contributed by atoms with Gasteiger partial charge in [-0.2, -0.15) is 0 Å². The Morgan fingerprint density at radius 3 is 2.58 bits per heavy atom. The molecular formula is C22H15ClFN5O4. The van der Waals surface area contributed by atoms with E-state index in [4.69, 9.17) is 0 Å². The summed E-state index contributed by atoms with van der Waals surface area (Å²) in [5, 5.41) is 16.1. The molecule has 0 atom stereocenters. The number of carboxylic acid groups (broad SMARTS) is 1. The lowest BCUT2D eigenvalue weighted by molar-refractivity contribution is -0.129. The lowest BCUT2D eigenvalue weighted by atomic mass is 10.2. The summed E-state index contributed by atoms with van der Waals surface area (Å²) in [5.41, 5.74) is 1.33. The van der Waals surface area contributed by atoms with Gasteiger partial charge in [-0.15, -0.1) is 12.4 Å². The highest BCUT2D eigenvalue weighted by atomic mass is 35.5. The van der Waals surface area contributed by atoms with Crippen LogP contribution in [0.2, 0.25) is 0 Å². The minimum Gasteiger partial charge on any atom is -0.478 e. The molecule has 0 radical (unpaired) electrons. The van der Waals surface area contributed by atoms with Crippen molar-refractivity contribution in [2.75, 3.05) is 10.6 Å². The zero-order valence-corrected chi connectivity index (χ0v) is 17.4. The van der Waals surface area contributed by atoms with Crippen LogP contribution in [0.25, 0.3) is 33.5 Å². The van der Waals surface area contributed by atoms with E-state index in [9.17, 15) is 23.9 Å². The fourth-order valence-corrected chi connectivity index (χ4v) is 3.78. The van der Waals surface area contributed by atoms with Crippen molar-refractivity contribution in [3.63, 3.8) is 0 Å². The number of hydrogen-bond acceptors (Lipinski definition) is 4. The minimum absolute atomic E-state index is 0. The average molecular weight is 468 g/mol. The highest BCUT2D eigenvalue weighted by molar-refractivity contribution is 6.14. The largest absolute Gasteiger partial charge is 0.478 e. The fourth-order valence-electron chi connectivity index (χ4n) is 3.78. The molecule has 0 spiro atoms. The number of nitrogens with one attached hydrogen (secondary N) is 3. The summed E-state index contributed by atoms with van der Waals surface area (Å²) in [6.07, 6.45) is 4.07. The van der Waals surface area contributed by atoms with E-state index in [2.05, 4.69) is 20.6 Å². The zero-order chi connectivity index (χ0) is 22.4. The number of anilines is 2. The van der Waals surface area contributed by atoms with Crippen molar-refractivity contribution in [3.8, 4) is 0 Å². The predicted octanol–water partition coefficient (Wildman–Crippen LogP) is 3.12. The topological polar surface area (TPSA) is 129 Å². The molecule has 0 bridgehead atoms. The summed E-state index contributed by atoms with van der Waals surface area (Å²) in [6.45, 7) is 0. The smallest absolute Gasteiger partial charge is 0.329 e. The third-order valence-electron chi connectivity index (χ3n) is 5.00. The normalized spacial score (nSPS) is 11.6. The van der Waals surface area contributed by atoms with Crippen LogP contribution in [0.1, 0.15) is 0 Å². The molecule has 11 heteroatoms. The van der Waals surface area contributed by atoms with Gasteiger partial charge in [0.25, 0.3) is 5.56 Å². The van der Waals surface area contributed by atoms with Crippen LogP contribution in [0.5, 0.6) is 0 Å². The first-order chi connectivity index (χ1) is 15.4. The molecule has 0 aliphatic carbocycles. The van der Waals surface area contributed by atoms with E-state index in [1.165, 1.54) is 28.8 Å². The Hall–Kier alpha value is -4.44. The maximum atomic E-state index is 13.3. The number of amides is 2. The van der Waals surface area contributed by atoms with E-state index in [1.54, 1.807) is 30.5 Å². The monoisotopic (exact) mass is 467 g/mol. The lowest BCUT2D eigenvalue weighted by Crippen LogP contribution is -2.19. The molecule has 166 valence electrons. The van der Waals surface area contributed by atoms with Crippen LogP contribution < -0.4 is 21.4 Å². The number of carboxylic acids is 1. The summed E-state index contributed by atoms with van der Waals surface area (Å²) < 4.78 is 14.9. The van der Waals surface area contributed by atoms with E-state index in [0.717, 1.165) is 6.08 Å². The number of benzene rings is 2. The minimum atomic E-state index is -1.17. The molecule has 0 saturated heterocycles. The van der Waals surface area contributed by atoms with Gasteiger partial charge in [0.2, 0.25) is 5.65 Å². The summed E-state index contributed by atoms with van der Waals surface area (Å²) in [6, 6.07) is 9.76. The molecule has 0 aliphatic heterocycles. The number of aromatic amines is 1. The number of carbonyl (C=O) groups is 2. The number of rotatable bonds is 3. The Morgan fingerprint density at radius 1 is 1.09 bits per heavy atom. The van der Waals surface area contributed by atoms with Crippen LogP contribution in [-0.4, -0.2) is 31.5 Å². The lowest BCUT2D eigenvalue weighted by Gasteiger charge is -2.08. The Morgan fingerprint density at radius 2 is 1.85 bits per heavy atom. The van der Waals surface area contributed by atoms with E-state index in [1.807, 2.05) is 0 Å². The zero-order valence-electron chi connectivity index (χ0n) is 16.6. The molecule has 33 heavy (non-hydrogen) atoms. The van der Waals surface area contributed by atoms with Crippen molar-refractivity contribution < 1.29 is 19.1 Å². The van der Waals surface area contributed by atoms with Gasteiger partial charge in [-0.3, -0.25) is 9.20 Å². The second-order valence-corrected chi connectivity index (χ2v) is 7.04. The van der Waals surface area contributed by atoms with E-state index in [-0.39, 0.29) is 23.7 Å². The van der Waals surface area contributed by atoms with Gasteiger partial charge < -0.3 is 20.7 Å². The average Bonchev–Trinajstić information content (AvgIpc) is 3.32. The number of H-pyrrole nitrogens is 1. The number of nitrogens with zero attached hydrogens (tertiary/aromatic N) is 2. The summed E-state index contributed by atoms with van der Waals surface area (Å²) in [7, 11) is 0. The molecule has 3 aromatic carbocycles. The van der Waals surface area contributed by atoms with Crippen molar-refractivity contribution in [2.45, 2.75) is 0 Å². The predicted molar refractivity (Wildman–Crippen MR) is 124 cm³/mol. The van der Waals surface area contributed by atoms with E-state index in [0.29, 0.717) is 32.7 Å². The number of carbonyl (C=O) groups excluding carboxylic acids is 1. The van der Waals surface area contributed by atoms with Gasteiger partial charge >= 0.3 is 12.0 Å².